The van der Waals surface area contributed by atoms with Gasteiger partial charge in [0.05, 0.1) is 0 Å². The summed E-state index contributed by atoms with van der Waals surface area (Å²) in [6.45, 7) is 3.50. The first-order valence-corrected chi connectivity index (χ1v) is 5.70. The van der Waals surface area contributed by atoms with Gasteiger partial charge in [0, 0.05) is 19.9 Å². The molecule has 98 valence electrons. The number of amides is 2. The molecule has 0 heterocycles. The molecule has 1 atom stereocenters. The molecule has 17 heavy (non-hydrogen) atoms. The Kier molecular flexibility index (Phi) is 7.75. The quantitative estimate of drug-likeness (QED) is 0.534. The molecule has 0 aromatic rings. The van der Waals surface area contributed by atoms with E-state index in [1.165, 1.54) is 13.8 Å². The van der Waals surface area contributed by atoms with Crippen LogP contribution in [-0.2, 0) is 14.4 Å². The third kappa shape index (κ3) is 9.35. The standard InChI is InChI=1S/C11H20N2O4/c1-8(11(16)17)13-10(15)6-4-3-5-7-12-9(2)14/h8H,3-7H2,1-2H3,(H,12,14)(H,13,15)(H,16,17)/t8-/m1/s1. The van der Waals surface area contributed by atoms with Crippen molar-refractivity contribution in [2.24, 2.45) is 0 Å². The van der Waals surface area contributed by atoms with Gasteiger partial charge >= 0.3 is 5.97 Å². The van der Waals surface area contributed by atoms with Crippen molar-refractivity contribution in [3.8, 4) is 0 Å². The van der Waals surface area contributed by atoms with Gasteiger partial charge in [0.1, 0.15) is 6.04 Å². The lowest BCUT2D eigenvalue weighted by atomic mass is 10.2. The van der Waals surface area contributed by atoms with Crippen LogP contribution in [0.4, 0.5) is 0 Å². The number of unbranched alkanes of at least 4 members (excludes halogenated alkanes) is 2. The van der Waals surface area contributed by atoms with Gasteiger partial charge in [-0.05, 0) is 19.8 Å². The average Bonchev–Trinajstić information content (AvgIpc) is 2.22. The number of carboxylic acids is 1. The highest BCUT2D eigenvalue weighted by molar-refractivity contribution is 5.83. The lowest BCUT2D eigenvalue weighted by Crippen LogP contribution is -2.38. The van der Waals surface area contributed by atoms with Gasteiger partial charge in [-0.1, -0.05) is 6.42 Å². The number of aliphatic carboxylic acids is 1. The smallest absolute Gasteiger partial charge is 0.325 e. The van der Waals surface area contributed by atoms with Crippen LogP contribution in [-0.4, -0.2) is 35.5 Å². The highest BCUT2D eigenvalue weighted by Gasteiger charge is 2.12. The number of carboxylic acid groups (broad SMARTS) is 1. The van der Waals surface area contributed by atoms with Gasteiger partial charge in [-0.3, -0.25) is 14.4 Å². The monoisotopic (exact) mass is 244 g/mol. The van der Waals surface area contributed by atoms with Crippen LogP contribution in [0.2, 0.25) is 0 Å². The molecule has 2 amide bonds. The number of rotatable bonds is 8. The van der Waals surface area contributed by atoms with E-state index >= 15 is 0 Å². The van der Waals surface area contributed by atoms with E-state index in [1.54, 1.807) is 0 Å². The minimum atomic E-state index is -1.04. The second-order valence-electron chi connectivity index (χ2n) is 3.92. The summed E-state index contributed by atoms with van der Waals surface area (Å²) >= 11 is 0. The van der Waals surface area contributed by atoms with Crippen LogP contribution in [0.15, 0.2) is 0 Å². The largest absolute Gasteiger partial charge is 0.480 e. The summed E-state index contributed by atoms with van der Waals surface area (Å²) in [5.74, 6) is -1.35. The van der Waals surface area contributed by atoms with Crippen molar-refractivity contribution in [2.45, 2.75) is 45.6 Å². The van der Waals surface area contributed by atoms with Crippen LogP contribution in [0, 0.1) is 0 Å². The molecule has 6 nitrogen and oxygen atoms in total. The maximum Gasteiger partial charge on any atom is 0.325 e. The Morgan fingerprint density at radius 3 is 2.35 bits per heavy atom. The molecule has 0 aromatic heterocycles. The zero-order chi connectivity index (χ0) is 13.3. The first-order valence-electron chi connectivity index (χ1n) is 5.70. The molecular weight excluding hydrogens is 224 g/mol. The molecule has 6 heteroatoms. The van der Waals surface area contributed by atoms with Crippen LogP contribution in [0.5, 0.6) is 0 Å². The van der Waals surface area contributed by atoms with Crippen molar-refractivity contribution in [1.29, 1.82) is 0 Å². The average molecular weight is 244 g/mol. The zero-order valence-electron chi connectivity index (χ0n) is 10.3. The summed E-state index contributed by atoms with van der Waals surface area (Å²) in [4.78, 5) is 32.3. The summed E-state index contributed by atoms with van der Waals surface area (Å²) in [6, 6.07) is -0.845. The summed E-state index contributed by atoms with van der Waals surface area (Å²) in [6.07, 6.45) is 2.66. The maximum absolute atomic E-state index is 11.3. The van der Waals surface area contributed by atoms with Gasteiger partial charge in [-0.15, -0.1) is 0 Å². The predicted octanol–water partition coefficient (Wildman–Crippen LogP) is 0.272. The molecule has 0 fully saturated rings. The van der Waals surface area contributed by atoms with Crippen molar-refractivity contribution < 1.29 is 19.5 Å². The van der Waals surface area contributed by atoms with E-state index in [0.29, 0.717) is 19.4 Å². The fourth-order valence-corrected chi connectivity index (χ4v) is 1.23. The highest BCUT2D eigenvalue weighted by Crippen LogP contribution is 1.99. The normalized spacial score (nSPS) is 11.6. The van der Waals surface area contributed by atoms with Gasteiger partial charge in [-0.2, -0.15) is 0 Å². The van der Waals surface area contributed by atoms with Crippen molar-refractivity contribution in [3.63, 3.8) is 0 Å². The van der Waals surface area contributed by atoms with E-state index in [2.05, 4.69) is 10.6 Å². The Balaban J connectivity index is 3.45. The summed E-state index contributed by atoms with van der Waals surface area (Å²) in [5, 5.41) is 13.6. The van der Waals surface area contributed by atoms with Gasteiger partial charge in [0.2, 0.25) is 11.8 Å². The third-order valence-electron chi connectivity index (χ3n) is 2.20. The van der Waals surface area contributed by atoms with Gasteiger partial charge in [-0.25, -0.2) is 0 Å². The molecule has 0 aliphatic heterocycles. The lowest BCUT2D eigenvalue weighted by molar-refractivity contribution is -0.141. The second-order valence-corrected chi connectivity index (χ2v) is 3.92. The molecule has 3 N–H and O–H groups in total. The van der Waals surface area contributed by atoms with E-state index in [-0.39, 0.29) is 11.8 Å². The molecule has 0 rings (SSSR count). The van der Waals surface area contributed by atoms with Crippen LogP contribution < -0.4 is 10.6 Å². The van der Waals surface area contributed by atoms with Gasteiger partial charge in [0.25, 0.3) is 0 Å². The van der Waals surface area contributed by atoms with E-state index < -0.39 is 12.0 Å². The van der Waals surface area contributed by atoms with E-state index in [0.717, 1.165) is 12.8 Å². The van der Waals surface area contributed by atoms with Crippen molar-refractivity contribution >= 4 is 17.8 Å². The SMILES string of the molecule is CC(=O)NCCCCCC(=O)N[C@H](C)C(=O)O. The highest BCUT2D eigenvalue weighted by atomic mass is 16.4. The first kappa shape index (κ1) is 15.4. The first-order chi connectivity index (χ1) is 7.93. The van der Waals surface area contributed by atoms with Crippen molar-refractivity contribution in [1.82, 2.24) is 10.6 Å². The molecule has 0 radical (unpaired) electrons. The minimum Gasteiger partial charge on any atom is -0.480 e. The number of hydrogen-bond donors (Lipinski definition) is 3. The Bertz CT molecular complexity index is 279. The Morgan fingerprint density at radius 1 is 1.18 bits per heavy atom. The Hall–Kier alpha value is -1.59. The molecule has 0 aliphatic carbocycles. The van der Waals surface area contributed by atoms with E-state index in [9.17, 15) is 14.4 Å². The van der Waals surface area contributed by atoms with Crippen LogP contribution in [0.25, 0.3) is 0 Å². The zero-order valence-corrected chi connectivity index (χ0v) is 10.3. The van der Waals surface area contributed by atoms with E-state index in [4.69, 9.17) is 5.11 Å². The number of carbonyl (C=O) groups is 3. The summed E-state index contributed by atoms with van der Waals surface area (Å²) in [7, 11) is 0. The van der Waals surface area contributed by atoms with Crippen molar-refractivity contribution in [3.05, 3.63) is 0 Å². The lowest BCUT2D eigenvalue weighted by Gasteiger charge is -2.08. The molecule has 0 saturated heterocycles. The molecular formula is C11H20N2O4. The fraction of sp³-hybridized carbons (Fsp3) is 0.727. The molecule has 0 aliphatic rings. The van der Waals surface area contributed by atoms with Crippen molar-refractivity contribution in [2.75, 3.05) is 6.54 Å². The Morgan fingerprint density at radius 2 is 1.82 bits per heavy atom. The third-order valence-corrected chi connectivity index (χ3v) is 2.20. The van der Waals surface area contributed by atoms with Crippen LogP contribution in [0.3, 0.4) is 0 Å². The minimum absolute atomic E-state index is 0.0574. The summed E-state index contributed by atoms with van der Waals surface area (Å²) < 4.78 is 0. The number of hydrogen-bond acceptors (Lipinski definition) is 3. The molecule has 0 saturated carbocycles. The summed E-state index contributed by atoms with van der Waals surface area (Å²) in [5.41, 5.74) is 0. The Labute approximate surface area is 101 Å². The predicted molar refractivity (Wildman–Crippen MR) is 62.4 cm³/mol. The molecule has 0 unspecified atom stereocenters. The molecule has 0 spiro atoms. The van der Waals surface area contributed by atoms with E-state index in [1.807, 2.05) is 0 Å². The van der Waals surface area contributed by atoms with Crippen LogP contribution in [0.1, 0.15) is 39.5 Å². The number of carbonyl (C=O) groups excluding carboxylic acids is 2. The molecule has 0 aromatic carbocycles. The molecule has 0 bridgehead atoms. The van der Waals surface area contributed by atoms with Crippen LogP contribution >= 0.6 is 0 Å². The van der Waals surface area contributed by atoms with Gasteiger partial charge in [0.15, 0.2) is 0 Å². The topological polar surface area (TPSA) is 95.5 Å². The van der Waals surface area contributed by atoms with Gasteiger partial charge < -0.3 is 15.7 Å². The second kappa shape index (κ2) is 8.55. The number of nitrogens with one attached hydrogen (secondary N) is 2. The maximum atomic E-state index is 11.3. The fourth-order valence-electron chi connectivity index (χ4n) is 1.23.